The van der Waals surface area contributed by atoms with E-state index in [1.54, 1.807) is 24.3 Å². The maximum Gasteiger partial charge on any atom is 0.257 e. The second-order valence-electron chi connectivity index (χ2n) is 7.37. The van der Waals surface area contributed by atoms with Crippen LogP contribution in [0.1, 0.15) is 23.7 Å². The van der Waals surface area contributed by atoms with Crippen LogP contribution in [0.2, 0.25) is 5.02 Å². The van der Waals surface area contributed by atoms with Gasteiger partial charge in [0.2, 0.25) is 5.91 Å². The van der Waals surface area contributed by atoms with Gasteiger partial charge < -0.3 is 24.6 Å². The molecule has 33 heavy (non-hydrogen) atoms. The van der Waals surface area contributed by atoms with Crippen molar-refractivity contribution in [3.05, 3.63) is 47.0 Å². The average molecular weight is 491 g/mol. The third kappa shape index (κ3) is 6.06. The Kier molecular flexibility index (Phi) is 8.35. The molecule has 2 amide bonds. The molecule has 0 unspecified atom stereocenters. The zero-order valence-electron chi connectivity index (χ0n) is 18.8. The third-order valence-electron chi connectivity index (χ3n) is 5.35. The summed E-state index contributed by atoms with van der Waals surface area (Å²) in [4.78, 5) is 28.4. The van der Waals surface area contributed by atoms with Gasteiger partial charge in [0, 0.05) is 43.9 Å². The van der Waals surface area contributed by atoms with Crippen LogP contribution in [0.3, 0.4) is 0 Å². The van der Waals surface area contributed by atoms with Gasteiger partial charge in [-0.2, -0.15) is 0 Å². The number of hydrogen-bond acceptors (Lipinski definition) is 6. The van der Waals surface area contributed by atoms with Crippen molar-refractivity contribution in [2.45, 2.75) is 13.3 Å². The summed E-state index contributed by atoms with van der Waals surface area (Å²) < 4.78 is 10.4. The number of carbonyl (C=O) groups is 2. The van der Waals surface area contributed by atoms with Gasteiger partial charge in [0.1, 0.15) is 0 Å². The standard InChI is InChI=1S/C23H27ClN4O4S/c1-4-21(29)28-11-9-27(10-12-28)18-7-6-16(14-17(18)24)25-23(33)26-22(30)15-5-8-19(31-2)20(13-15)32-3/h5-8,13-14H,4,9-12H2,1-3H3,(H2,25,26,30,33). The van der Waals surface area contributed by atoms with Crippen LogP contribution in [0, 0.1) is 0 Å². The van der Waals surface area contributed by atoms with Gasteiger partial charge in [0.05, 0.1) is 24.9 Å². The van der Waals surface area contributed by atoms with Crippen LogP contribution in [0.15, 0.2) is 36.4 Å². The monoisotopic (exact) mass is 490 g/mol. The molecule has 0 aliphatic carbocycles. The van der Waals surface area contributed by atoms with Gasteiger partial charge in [-0.3, -0.25) is 14.9 Å². The molecule has 0 bridgehead atoms. The highest BCUT2D eigenvalue weighted by atomic mass is 35.5. The van der Waals surface area contributed by atoms with E-state index in [0.717, 1.165) is 18.8 Å². The molecular formula is C23H27ClN4O4S. The van der Waals surface area contributed by atoms with Crippen molar-refractivity contribution in [3.8, 4) is 11.5 Å². The van der Waals surface area contributed by atoms with Crippen LogP contribution >= 0.6 is 23.8 Å². The topological polar surface area (TPSA) is 83.1 Å². The number of piperazine rings is 1. The van der Waals surface area contributed by atoms with Crippen molar-refractivity contribution in [1.82, 2.24) is 10.2 Å². The Morgan fingerprint density at radius 3 is 2.33 bits per heavy atom. The molecule has 8 nitrogen and oxygen atoms in total. The van der Waals surface area contributed by atoms with E-state index in [1.807, 2.05) is 24.0 Å². The first-order valence-electron chi connectivity index (χ1n) is 10.5. The first kappa shape index (κ1) is 24.6. The summed E-state index contributed by atoms with van der Waals surface area (Å²) in [5.41, 5.74) is 1.93. The van der Waals surface area contributed by atoms with E-state index < -0.39 is 0 Å². The molecule has 1 aliphatic heterocycles. The highest BCUT2D eigenvalue weighted by Crippen LogP contribution is 2.30. The molecule has 0 aromatic heterocycles. The Morgan fingerprint density at radius 1 is 1.03 bits per heavy atom. The summed E-state index contributed by atoms with van der Waals surface area (Å²) in [5.74, 6) is 0.772. The minimum absolute atomic E-state index is 0.144. The highest BCUT2D eigenvalue weighted by Gasteiger charge is 2.21. The van der Waals surface area contributed by atoms with E-state index in [-0.39, 0.29) is 16.9 Å². The van der Waals surface area contributed by atoms with E-state index in [4.69, 9.17) is 33.3 Å². The van der Waals surface area contributed by atoms with E-state index >= 15 is 0 Å². The predicted octanol–water partition coefficient (Wildman–Crippen LogP) is 3.54. The van der Waals surface area contributed by atoms with Crippen LogP contribution in [-0.4, -0.2) is 62.2 Å². The minimum Gasteiger partial charge on any atom is -0.493 e. The summed E-state index contributed by atoms with van der Waals surface area (Å²) in [5, 5.41) is 6.33. The smallest absolute Gasteiger partial charge is 0.257 e. The molecule has 176 valence electrons. The van der Waals surface area contributed by atoms with Gasteiger partial charge in [-0.15, -0.1) is 0 Å². The molecule has 10 heteroatoms. The van der Waals surface area contributed by atoms with Crippen LogP contribution < -0.4 is 25.0 Å². The third-order valence-corrected chi connectivity index (χ3v) is 5.86. The molecule has 1 aliphatic rings. The number of hydrogen-bond donors (Lipinski definition) is 2. The molecule has 2 aromatic rings. The first-order valence-corrected chi connectivity index (χ1v) is 11.3. The number of anilines is 2. The molecule has 1 heterocycles. The Morgan fingerprint density at radius 2 is 1.73 bits per heavy atom. The van der Waals surface area contributed by atoms with Crippen molar-refractivity contribution in [2.24, 2.45) is 0 Å². The Bertz CT molecular complexity index is 1040. The number of methoxy groups -OCH3 is 2. The van der Waals surface area contributed by atoms with E-state index in [1.165, 1.54) is 14.2 Å². The van der Waals surface area contributed by atoms with Crippen LogP contribution in [0.4, 0.5) is 11.4 Å². The fraction of sp³-hybridized carbons (Fsp3) is 0.348. The molecule has 0 atom stereocenters. The molecular weight excluding hydrogens is 464 g/mol. The Hall–Kier alpha value is -3.04. The molecule has 2 N–H and O–H groups in total. The average Bonchev–Trinajstić information content (AvgIpc) is 2.83. The zero-order chi connectivity index (χ0) is 24.0. The number of benzene rings is 2. The lowest BCUT2D eigenvalue weighted by atomic mass is 10.2. The van der Waals surface area contributed by atoms with Gasteiger partial charge in [0.25, 0.3) is 5.91 Å². The molecule has 3 rings (SSSR count). The Balaban J connectivity index is 1.59. The number of thiocarbonyl (C=S) groups is 1. The van der Waals surface area contributed by atoms with E-state index in [9.17, 15) is 9.59 Å². The molecule has 1 saturated heterocycles. The second-order valence-corrected chi connectivity index (χ2v) is 8.18. The maximum absolute atomic E-state index is 12.5. The largest absolute Gasteiger partial charge is 0.493 e. The quantitative estimate of drug-likeness (QED) is 0.599. The lowest BCUT2D eigenvalue weighted by Gasteiger charge is -2.36. The van der Waals surface area contributed by atoms with Crippen LogP contribution in [-0.2, 0) is 4.79 Å². The summed E-state index contributed by atoms with van der Waals surface area (Å²) in [6.07, 6.45) is 0.517. The minimum atomic E-state index is -0.379. The van der Waals surface area contributed by atoms with Gasteiger partial charge >= 0.3 is 0 Å². The lowest BCUT2D eigenvalue weighted by molar-refractivity contribution is -0.131. The summed E-state index contributed by atoms with van der Waals surface area (Å²) in [6, 6.07) is 10.4. The Labute approximate surface area is 203 Å². The summed E-state index contributed by atoms with van der Waals surface area (Å²) in [7, 11) is 3.03. The van der Waals surface area contributed by atoms with E-state index in [0.29, 0.717) is 47.3 Å². The predicted molar refractivity (Wildman–Crippen MR) is 134 cm³/mol. The molecule has 0 radical (unpaired) electrons. The van der Waals surface area contributed by atoms with Gasteiger partial charge in [-0.25, -0.2) is 0 Å². The van der Waals surface area contributed by atoms with Gasteiger partial charge in [-0.1, -0.05) is 18.5 Å². The number of nitrogens with zero attached hydrogens (tertiary/aromatic N) is 2. The number of carbonyl (C=O) groups excluding carboxylic acids is 2. The number of nitrogens with one attached hydrogen (secondary N) is 2. The van der Waals surface area contributed by atoms with Gasteiger partial charge in [-0.05, 0) is 48.6 Å². The SMILES string of the molecule is CCC(=O)N1CCN(c2ccc(NC(=S)NC(=O)c3ccc(OC)c(OC)c3)cc2Cl)CC1. The molecule has 2 aromatic carbocycles. The van der Waals surface area contributed by atoms with Crippen molar-refractivity contribution in [2.75, 3.05) is 50.6 Å². The van der Waals surface area contributed by atoms with Crippen molar-refractivity contribution < 1.29 is 19.1 Å². The van der Waals surface area contributed by atoms with Crippen molar-refractivity contribution in [3.63, 3.8) is 0 Å². The molecule has 1 fully saturated rings. The van der Waals surface area contributed by atoms with E-state index in [2.05, 4.69) is 15.5 Å². The van der Waals surface area contributed by atoms with Crippen LogP contribution in [0.25, 0.3) is 0 Å². The fourth-order valence-corrected chi connectivity index (χ4v) is 4.09. The highest BCUT2D eigenvalue weighted by molar-refractivity contribution is 7.80. The summed E-state index contributed by atoms with van der Waals surface area (Å²) in [6.45, 7) is 4.67. The summed E-state index contributed by atoms with van der Waals surface area (Å²) >= 11 is 11.8. The van der Waals surface area contributed by atoms with Gasteiger partial charge in [0.15, 0.2) is 16.6 Å². The number of halogens is 1. The van der Waals surface area contributed by atoms with Crippen LogP contribution in [0.5, 0.6) is 11.5 Å². The normalized spacial score (nSPS) is 13.3. The number of rotatable bonds is 6. The van der Waals surface area contributed by atoms with Crippen molar-refractivity contribution >= 4 is 52.1 Å². The first-order chi connectivity index (χ1) is 15.9. The zero-order valence-corrected chi connectivity index (χ0v) is 20.4. The molecule has 0 spiro atoms. The fourth-order valence-electron chi connectivity index (χ4n) is 3.58. The van der Waals surface area contributed by atoms with Crippen molar-refractivity contribution in [1.29, 1.82) is 0 Å². The number of ether oxygens (including phenoxy) is 2. The number of amides is 2. The molecule has 0 saturated carbocycles. The maximum atomic E-state index is 12.5. The lowest BCUT2D eigenvalue weighted by Crippen LogP contribution is -2.48. The second kappa shape index (κ2) is 11.2.